The first kappa shape index (κ1) is 15.6. The Morgan fingerprint density at radius 1 is 1.33 bits per heavy atom. The van der Waals surface area contributed by atoms with Crippen LogP contribution in [0.4, 0.5) is 0 Å². The lowest BCUT2D eigenvalue weighted by Crippen LogP contribution is -2.41. The molecule has 0 bridgehead atoms. The second kappa shape index (κ2) is 6.76. The minimum absolute atomic E-state index is 0.00400. The van der Waals surface area contributed by atoms with Crippen LogP contribution in [0.5, 0.6) is 0 Å². The molecule has 0 aliphatic carbocycles. The highest BCUT2D eigenvalue weighted by Crippen LogP contribution is 2.21. The van der Waals surface area contributed by atoms with E-state index in [4.69, 9.17) is 0 Å². The number of aryl methyl sites for hydroxylation is 2. The Labute approximate surface area is 125 Å². The second-order valence-electron chi connectivity index (χ2n) is 5.88. The standard InChI is InChI=1S/C17H24N2O2/c1-12(2)15(11-20)18-17(21)9-8-13-10-19(3)16-7-5-4-6-14(13)16/h4-7,10,12,15,20H,8-9,11H2,1-3H3,(H,18,21)/t15-/m1/s1. The fourth-order valence-electron chi connectivity index (χ4n) is 2.58. The number of carbonyl (C=O) groups is 1. The summed E-state index contributed by atoms with van der Waals surface area (Å²) in [6.07, 6.45) is 3.24. The highest BCUT2D eigenvalue weighted by atomic mass is 16.3. The van der Waals surface area contributed by atoms with Gasteiger partial charge in [-0.3, -0.25) is 4.79 Å². The van der Waals surface area contributed by atoms with Crippen molar-refractivity contribution in [2.24, 2.45) is 13.0 Å². The third-order valence-electron chi connectivity index (χ3n) is 3.95. The molecule has 1 amide bonds. The number of hydrogen-bond acceptors (Lipinski definition) is 2. The number of nitrogens with one attached hydrogen (secondary N) is 1. The molecule has 0 saturated heterocycles. The molecule has 4 heteroatoms. The van der Waals surface area contributed by atoms with E-state index in [2.05, 4.69) is 28.2 Å². The number of amides is 1. The van der Waals surface area contributed by atoms with Crippen molar-refractivity contribution in [2.75, 3.05) is 6.61 Å². The van der Waals surface area contributed by atoms with Gasteiger partial charge in [0.1, 0.15) is 0 Å². The largest absolute Gasteiger partial charge is 0.394 e. The number of rotatable bonds is 6. The molecule has 1 aromatic carbocycles. The number of hydrogen-bond donors (Lipinski definition) is 2. The summed E-state index contributed by atoms with van der Waals surface area (Å²) in [5, 5.41) is 13.4. The molecule has 0 unspecified atom stereocenters. The molecule has 2 aromatic rings. The number of aliphatic hydroxyl groups excluding tert-OH is 1. The highest BCUT2D eigenvalue weighted by Gasteiger charge is 2.15. The Hall–Kier alpha value is -1.81. The van der Waals surface area contributed by atoms with Crippen LogP contribution in [0.3, 0.4) is 0 Å². The van der Waals surface area contributed by atoms with E-state index in [0.717, 1.165) is 0 Å². The van der Waals surface area contributed by atoms with Gasteiger partial charge in [-0.1, -0.05) is 32.0 Å². The molecule has 4 nitrogen and oxygen atoms in total. The summed E-state index contributed by atoms with van der Waals surface area (Å²) >= 11 is 0. The molecule has 1 heterocycles. The Balaban J connectivity index is 2.00. The summed E-state index contributed by atoms with van der Waals surface area (Å²) in [5.74, 6) is 0.229. The van der Waals surface area contributed by atoms with E-state index >= 15 is 0 Å². The molecular formula is C17H24N2O2. The van der Waals surface area contributed by atoms with E-state index < -0.39 is 0 Å². The summed E-state index contributed by atoms with van der Waals surface area (Å²) in [7, 11) is 2.02. The lowest BCUT2D eigenvalue weighted by molar-refractivity contribution is -0.122. The topological polar surface area (TPSA) is 54.3 Å². The van der Waals surface area contributed by atoms with Crippen LogP contribution >= 0.6 is 0 Å². The van der Waals surface area contributed by atoms with E-state index in [1.165, 1.54) is 16.5 Å². The van der Waals surface area contributed by atoms with Gasteiger partial charge in [-0.05, 0) is 24.0 Å². The predicted octanol–water partition coefficient (Wildman–Crippen LogP) is 2.24. The van der Waals surface area contributed by atoms with Crippen molar-refractivity contribution in [1.29, 1.82) is 0 Å². The van der Waals surface area contributed by atoms with Crippen LogP contribution in [0.15, 0.2) is 30.5 Å². The first-order valence-electron chi connectivity index (χ1n) is 7.46. The molecule has 0 aliphatic heterocycles. The van der Waals surface area contributed by atoms with Crippen LogP contribution in [0, 0.1) is 5.92 Å². The number of fused-ring (bicyclic) bond motifs is 1. The van der Waals surface area contributed by atoms with Crippen LogP contribution in [-0.2, 0) is 18.3 Å². The smallest absolute Gasteiger partial charge is 0.220 e. The van der Waals surface area contributed by atoms with E-state index in [1.807, 2.05) is 33.0 Å². The molecule has 114 valence electrons. The first-order chi connectivity index (χ1) is 10.0. The third kappa shape index (κ3) is 3.64. The SMILES string of the molecule is CC(C)[C@@H](CO)NC(=O)CCc1cn(C)c2ccccc12. The normalized spacial score (nSPS) is 12.8. The average molecular weight is 288 g/mol. The van der Waals surface area contributed by atoms with Gasteiger partial charge in [-0.25, -0.2) is 0 Å². The van der Waals surface area contributed by atoms with Gasteiger partial charge in [0.15, 0.2) is 0 Å². The molecule has 0 spiro atoms. The fourth-order valence-corrected chi connectivity index (χ4v) is 2.58. The predicted molar refractivity (Wildman–Crippen MR) is 85.1 cm³/mol. The van der Waals surface area contributed by atoms with Gasteiger partial charge in [-0.2, -0.15) is 0 Å². The maximum absolute atomic E-state index is 12.0. The zero-order valence-corrected chi connectivity index (χ0v) is 13.0. The summed E-state index contributed by atoms with van der Waals surface area (Å²) in [6.45, 7) is 3.97. The molecule has 2 N–H and O–H groups in total. The van der Waals surface area contributed by atoms with E-state index in [-0.39, 0.29) is 24.5 Å². The Morgan fingerprint density at radius 3 is 2.71 bits per heavy atom. The maximum atomic E-state index is 12.0. The summed E-state index contributed by atoms with van der Waals surface area (Å²) in [5.41, 5.74) is 2.37. The number of para-hydroxylation sites is 1. The first-order valence-corrected chi connectivity index (χ1v) is 7.46. The van der Waals surface area contributed by atoms with Crippen molar-refractivity contribution >= 4 is 16.8 Å². The molecular weight excluding hydrogens is 264 g/mol. The zero-order chi connectivity index (χ0) is 15.4. The number of nitrogens with zero attached hydrogens (tertiary/aromatic N) is 1. The number of benzene rings is 1. The number of aliphatic hydroxyl groups is 1. The summed E-state index contributed by atoms with van der Waals surface area (Å²) < 4.78 is 2.09. The van der Waals surface area contributed by atoms with Crippen molar-refractivity contribution in [1.82, 2.24) is 9.88 Å². The maximum Gasteiger partial charge on any atom is 0.220 e. The number of aromatic nitrogens is 1. The quantitative estimate of drug-likeness (QED) is 0.856. The Kier molecular flexibility index (Phi) is 5.02. The summed E-state index contributed by atoms with van der Waals surface area (Å²) in [4.78, 5) is 12.0. The molecule has 0 saturated carbocycles. The molecule has 1 aromatic heterocycles. The van der Waals surface area contributed by atoms with Crippen molar-refractivity contribution in [3.05, 3.63) is 36.0 Å². The van der Waals surface area contributed by atoms with Crippen LogP contribution in [0.2, 0.25) is 0 Å². The van der Waals surface area contributed by atoms with Gasteiger partial charge in [-0.15, -0.1) is 0 Å². The second-order valence-corrected chi connectivity index (χ2v) is 5.88. The molecule has 2 rings (SSSR count). The molecule has 0 aliphatic rings. The zero-order valence-electron chi connectivity index (χ0n) is 13.0. The Bertz CT molecular complexity index is 616. The van der Waals surface area contributed by atoms with Crippen LogP contribution in [0.1, 0.15) is 25.8 Å². The van der Waals surface area contributed by atoms with Crippen LogP contribution in [-0.4, -0.2) is 28.2 Å². The highest BCUT2D eigenvalue weighted by molar-refractivity contribution is 5.85. The minimum Gasteiger partial charge on any atom is -0.394 e. The lowest BCUT2D eigenvalue weighted by atomic mass is 10.0. The van der Waals surface area contributed by atoms with Crippen molar-refractivity contribution in [3.63, 3.8) is 0 Å². The Morgan fingerprint density at radius 2 is 2.05 bits per heavy atom. The molecule has 0 radical (unpaired) electrons. The van der Waals surface area contributed by atoms with Gasteiger partial charge >= 0.3 is 0 Å². The monoisotopic (exact) mass is 288 g/mol. The summed E-state index contributed by atoms with van der Waals surface area (Å²) in [6, 6.07) is 8.05. The van der Waals surface area contributed by atoms with Crippen molar-refractivity contribution in [3.8, 4) is 0 Å². The van der Waals surface area contributed by atoms with Gasteiger partial charge in [0.05, 0.1) is 12.6 Å². The lowest BCUT2D eigenvalue weighted by Gasteiger charge is -2.19. The van der Waals surface area contributed by atoms with Crippen molar-refractivity contribution in [2.45, 2.75) is 32.7 Å². The van der Waals surface area contributed by atoms with E-state index in [9.17, 15) is 9.90 Å². The van der Waals surface area contributed by atoms with E-state index in [0.29, 0.717) is 12.8 Å². The van der Waals surface area contributed by atoms with Gasteiger partial charge in [0.25, 0.3) is 0 Å². The minimum atomic E-state index is -0.162. The van der Waals surface area contributed by atoms with Gasteiger partial charge < -0.3 is 15.0 Å². The third-order valence-corrected chi connectivity index (χ3v) is 3.95. The molecule has 21 heavy (non-hydrogen) atoms. The van der Waals surface area contributed by atoms with Crippen molar-refractivity contribution < 1.29 is 9.90 Å². The van der Waals surface area contributed by atoms with Gasteiger partial charge in [0, 0.05) is 30.6 Å². The molecule has 1 atom stereocenters. The molecule has 0 fully saturated rings. The average Bonchev–Trinajstić information content (AvgIpc) is 2.79. The van der Waals surface area contributed by atoms with E-state index in [1.54, 1.807) is 0 Å². The fraction of sp³-hybridized carbons (Fsp3) is 0.471. The van der Waals surface area contributed by atoms with Crippen LogP contribution in [0.25, 0.3) is 10.9 Å². The van der Waals surface area contributed by atoms with Gasteiger partial charge in [0.2, 0.25) is 5.91 Å². The number of carbonyl (C=O) groups excluding carboxylic acids is 1. The van der Waals surface area contributed by atoms with Crippen LogP contribution < -0.4 is 5.32 Å².